The van der Waals surface area contributed by atoms with E-state index in [2.05, 4.69) is 9.97 Å². The minimum Gasteiger partial charge on any atom is -0.491 e. The largest absolute Gasteiger partial charge is 0.491 e. The van der Waals surface area contributed by atoms with E-state index in [0.717, 1.165) is 11.4 Å². The van der Waals surface area contributed by atoms with Crippen LogP contribution in [0.1, 0.15) is 0 Å². The molecule has 0 radical (unpaired) electrons. The molecule has 0 aliphatic carbocycles. The number of rotatable bonds is 2. The number of nitrogens with zero attached hydrogens (tertiary/aromatic N) is 4. The highest BCUT2D eigenvalue weighted by Crippen LogP contribution is 2.39. The number of hydrogen-bond donors (Lipinski definition) is 0. The molecule has 2 heterocycles. The Balaban J connectivity index is 2.17. The first-order chi connectivity index (χ1) is 10.1. The number of halogens is 1. The molecular formula is C14H13ClN4O2. The predicted octanol–water partition coefficient (Wildman–Crippen LogP) is 2.25. The molecule has 1 aliphatic heterocycles. The van der Waals surface area contributed by atoms with Crippen LogP contribution < -0.4 is 14.5 Å². The van der Waals surface area contributed by atoms with Gasteiger partial charge in [0.2, 0.25) is 11.2 Å². The SMILES string of the molecule is COc1cnc(Cl)nc1N1CC(=O)N(C)c2ccccc21. The van der Waals surface area contributed by atoms with Crippen LogP contribution in [0.4, 0.5) is 17.2 Å². The summed E-state index contributed by atoms with van der Waals surface area (Å²) in [6.45, 7) is 0.164. The highest BCUT2D eigenvalue weighted by molar-refractivity contribution is 6.28. The minimum atomic E-state index is -0.0366. The standard InChI is InChI=1S/C14H13ClN4O2/c1-18-9-5-3-4-6-10(9)19(8-12(18)20)13-11(21-2)7-16-14(15)17-13/h3-7H,8H2,1-2H3. The van der Waals surface area contributed by atoms with E-state index in [0.29, 0.717) is 11.6 Å². The number of methoxy groups -OCH3 is 1. The van der Waals surface area contributed by atoms with Gasteiger partial charge in [-0.05, 0) is 23.7 Å². The van der Waals surface area contributed by atoms with Gasteiger partial charge in [-0.25, -0.2) is 4.98 Å². The lowest BCUT2D eigenvalue weighted by Crippen LogP contribution is -2.42. The molecule has 0 saturated carbocycles. The van der Waals surface area contributed by atoms with Gasteiger partial charge in [-0.2, -0.15) is 4.98 Å². The monoisotopic (exact) mass is 304 g/mol. The Morgan fingerprint density at radius 3 is 2.71 bits per heavy atom. The Morgan fingerprint density at radius 1 is 1.29 bits per heavy atom. The van der Waals surface area contributed by atoms with E-state index < -0.39 is 0 Å². The van der Waals surface area contributed by atoms with Crippen molar-refractivity contribution in [3.63, 3.8) is 0 Å². The lowest BCUT2D eigenvalue weighted by molar-refractivity contribution is -0.117. The summed E-state index contributed by atoms with van der Waals surface area (Å²) in [5.74, 6) is 0.906. The number of aromatic nitrogens is 2. The van der Waals surface area contributed by atoms with Gasteiger partial charge in [-0.3, -0.25) is 4.79 Å². The van der Waals surface area contributed by atoms with Crippen LogP contribution >= 0.6 is 11.6 Å². The molecule has 0 atom stereocenters. The molecule has 108 valence electrons. The summed E-state index contributed by atoms with van der Waals surface area (Å²) in [4.78, 5) is 23.7. The Hall–Kier alpha value is -2.34. The van der Waals surface area contributed by atoms with Crippen LogP contribution in [0.25, 0.3) is 0 Å². The molecule has 1 aromatic heterocycles. The molecule has 1 aliphatic rings. The van der Waals surface area contributed by atoms with E-state index in [1.807, 2.05) is 24.3 Å². The number of benzene rings is 1. The number of para-hydroxylation sites is 2. The zero-order valence-electron chi connectivity index (χ0n) is 11.6. The smallest absolute Gasteiger partial charge is 0.246 e. The molecule has 1 aromatic carbocycles. The van der Waals surface area contributed by atoms with Crippen molar-refractivity contribution < 1.29 is 9.53 Å². The van der Waals surface area contributed by atoms with Gasteiger partial charge in [0.1, 0.15) is 6.54 Å². The molecule has 0 saturated heterocycles. The molecule has 0 spiro atoms. The van der Waals surface area contributed by atoms with E-state index in [9.17, 15) is 4.79 Å². The summed E-state index contributed by atoms with van der Waals surface area (Å²) < 4.78 is 5.28. The second-order valence-electron chi connectivity index (χ2n) is 4.56. The van der Waals surface area contributed by atoms with E-state index in [4.69, 9.17) is 16.3 Å². The fraction of sp³-hybridized carbons (Fsp3) is 0.214. The number of carbonyl (C=O) groups excluding carboxylic acids is 1. The molecule has 3 rings (SSSR count). The maximum absolute atomic E-state index is 12.2. The number of fused-ring (bicyclic) bond motifs is 1. The van der Waals surface area contributed by atoms with Gasteiger partial charge in [-0.1, -0.05) is 12.1 Å². The van der Waals surface area contributed by atoms with Crippen LogP contribution in [-0.4, -0.2) is 36.6 Å². The number of hydrogen-bond acceptors (Lipinski definition) is 5. The fourth-order valence-electron chi connectivity index (χ4n) is 2.30. The van der Waals surface area contributed by atoms with Crippen molar-refractivity contribution in [2.45, 2.75) is 0 Å². The summed E-state index contributed by atoms with van der Waals surface area (Å²) in [7, 11) is 3.28. The first kappa shape index (κ1) is 13.6. The predicted molar refractivity (Wildman–Crippen MR) is 80.5 cm³/mol. The van der Waals surface area contributed by atoms with Gasteiger partial charge >= 0.3 is 0 Å². The van der Waals surface area contributed by atoms with Crippen molar-refractivity contribution in [1.29, 1.82) is 0 Å². The number of anilines is 3. The van der Waals surface area contributed by atoms with Crippen molar-refractivity contribution in [3.8, 4) is 5.75 Å². The lowest BCUT2D eigenvalue weighted by Gasteiger charge is -2.35. The van der Waals surface area contributed by atoms with Crippen LogP contribution in [0.2, 0.25) is 5.28 Å². The molecule has 0 unspecified atom stereocenters. The van der Waals surface area contributed by atoms with Crippen molar-refractivity contribution in [2.75, 3.05) is 30.5 Å². The molecule has 6 nitrogen and oxygen atoms in total. The van der Waals surface area contributed by atoms with Gasteiger partial charge in [0.25, 0.3) is 0 Å². The molecular weight excluding hydrogens is 292 g/mol. The highest BCUT2D eigenvalue weighted by Gasteiger charge is 2.30. The van der Waals surface area contributed by atoms with E-state index in [-0.39, 0.29) is 17.7 Å². The van der Waals surface area contributed by atoms with Crippen LogP contribution in [0.5, 0.6) is 5.75 Å². The summed E-state index contributed by atoms with van der Waals surface area (Å²) >= 11 is 5.89. The second-order valence-corrected chi connectivity index (χ2v) is 4.90. The van der Waals surface area contributed by atoms with Gasteiger partial charge < -0.3 is 14.5 Å². The van der Waals surface area contributed by atoms with Gasteiger partial charge in [0.15, 0.2) is 11.6 Å². The summed E-state index contributed by atoms with van der Waals surface area (Å²) in [6, 6.07) is 7.60. The van der Waals surface area contributed by atoms with Gasteiger partial charge in [0, 0.05) is 7.05 Å². The number of amides is 1. The summed E-state index contributed by atoms with van der Waals surface area (Å²) in [5.41, 5.74) is 1.68. The molecule has 2 aromatic rings. The quantitative estimate of drug-likeness (QED) is 0.797. The van der Waals surface area contributed by atoms with Crippen molar-refractivity contribution in [2.24, 2.45) is 0 Å². The molecule has 0 N–H and O–H groups in total. The molecule has 21 heavy (non-hydrogen) atoms. The molecule has 7 heteroatoms. The van der Waals surface area contributed by atoms with E-state index in [1.165, 1.54) is 13.3 Å². The van der Waals surface area contributed by atoms with Crippen molar-refractivity contribution >= 4 is 34.7 Å². The first-order valence-electron chi connectivity index (χ1n) is 6.31. The van der Waals surface area contributed by atoms with Crippen molar-refractivity contribution in [3.05, 3.63) is 35.7 Å². The Kier molecular flexibility index (Phi) is 3.39. The number of likely N-dealkylation sites (N-methyl/N-ethyl adjacent to an activating group) is 1. The molecule has 0 bridgehead atoms. The zero-order valence-corrected chi connectivity index (χ0v) is 12.3. The fourth-order valence-corrected chi connectivity index (χ4v) is 2.43. The minimum absolute atomic E-state index is 0.0366. The van der Waals surface area contributed by atoms with E-state index >= 15 is 0 Å². The van der Waals surface area contributed by atoms with Gasteiger partial charge in [-0.15, -0.1) is 0 Å². The number of carbonyl (C=O) groups is 1. The zero-order chi connectivity index (χ0) is 15.0. The first-order valence-corrected chi connectivity index (χ1v) is 6.69. The Bertz CT molecular complexity index is 707. The van der Waals surface area contributed by atoms with Gasteiger partial charge in [0.05, 0.1) is 24.7 Å². The molecule has 0 fully saturated rings. The third-order valence-electron chi connectivity index (χ3n) is 3.38. The average molecular weight is 305 g/mol. The van der Waals surface area contributed by atoms with Crippen LogP contribution in [-0.2, 0) is 4.79 Å². The van der Waals surface area contributed by atoms with Crippen molar-refractivity contribution in [1.82, 2.24) is 9.97 Å². The Labute approximate surface area is 126 Å². The summed E-state index contributed by atoms with van der Waals surface area (Å²) in [5, 5.41) is 0.106. The second kappa shape index (κ2) is 5.21. The average Bonchev–Trinajstić information content (AvgIpc) is 2.51. The lowest BCUT2D eigenvalue weighted by atomic mass is 10.1. The third-order valence-corrected chi connectivity index (χ3v) is 3.57. The number of ether oxygens (including phenoxy) is 1. The summed E-state index contributed by atoms with van der Waals surface area (Å²) in [6.07, 6.45) is 1.50. The highest BCUT2D eigenvalue weighted by atomic mass is 35.5. The van der Waals surface area contributed by atoms with Crippen LogP contribution in [0, 0.1) is 0 Å². The maximum Gasteiger partial charge on any atom is 0.246 e. The normalized spacial score (nSPS) is 14.1. The Morgan fingerprint density at radius 2 is 2.00 bits per heavy atom. The molecule has 1 amide bonds. The van der Waals surface area contributed by atoms with Crippen LogP contribution in [0.3, 0.4) is 0 Å². The van der Waals surface area contributed by atoms with E-state index in [1.54, 1.807) is 16.8 Å². The van der Waals surface area contributed by atoms with Crippen LogP contribution in [0.15, 0.2) is 30.5 Å². The topological polar surface area (TPSA) is 58.6 Å². The maximum atomic E-state index is 12.2. The third kappa shape index (κ3) is 2.27.